The first-order valence-electron chi connectivity index (χ1n) is 9.30. The number of ether oxygens (including phenoxy) is 2. The van der Waals surface area contributed by atoms with Crippen molar-refractivity contribution in [3.63, 3.8) is 0 Å². The van der Waals surface area contributed by atoms with Crippen LogP contribution in [0.3, 0.4) is 0 Å². The number of benzene rings is 1. The molecule has 0 aliphatic carbocycles. The van der Waals surface area contributed by atoms with Crippen LogP contribution in [0.4, 0.5) is 0 Å². The summed E-state index contributed by atoms with van der Waals surface area (Å²) in [5, 5.41) is 5.05. The van der Waals surface area contributed by atoms with Gasteiger partial charge in [0.1, 0.15) is 11.6 Å². The smallest absolute Gasteiger partial charge is 0.313 e. The molecule has 28 heavy (non-hydrogen) atoms. The van der Waals surface area contributed by atoms with Gasteiger partial charge < -0.3 is 9.47 Å². The Kier molecular flexibility index (Phi) is 6.89. The van der Waals surface area contributed by atoms with Crippen molar-refractivity contribution in [2.75, 3.05) is 13.2 Å². The summed E-state index contributed by atoms with van der Waals surface area (Å²) >= 11 is 1.34. The van der Waals surface area contributed by atoms with E-state index in [0.29, 0.717) is 36.7 Å². The fourth-order valence-electron chi connectivity index (χ4n) is 2.84. The molecule has 0 radical (unpaired) electrons. The van der Waals surface area contributed by atoms with Crippen LogP contribution in [0.2, 0.25) is 0 Å². The molecule has 0 aliphatic heterocycles. The molecule has 3 rings (SSSR count). The van der Waals surface area contributed by atoms with E-state index >= 15 is 0 Å². The molecule has 1 atom stereocenters. The van der Waals surface area contributed by atoms with Gasteiger partial charge in [0.15, 0.2) is 0 Å². The van der Waals surface area contributed by atoms with E-state index in [9.17, 15) is 9.59 Å². The quantitative estimate of drug-likeness (QED) is 0.405. The van der Waals surface area contributed by atoms with Crippen LogP contribution >= 0.6 is 11.3 Å². The minimum Gasteiger partial charge on any atom is -0.459 e. The van der Waals surface area contributed by atoms with E-state index < -0.39 is 0 Å². The van der Waals surface area contributed by atoms with Crippen molar-refractivity contribution in [3.05, 3.63) is 63.0 Å². The zero-order valence-corrected chi connectivity index (χ0v) is 16.8. The summed E-state index contributed by atoms with van der Waals surface area (Å²) in [4.78, 5) is 29.7. The third-order valence-corrected chi connectivity index (χ3v) is 5.23. The molecule has 0 spiro atoms. The third kappa shape index (κ3) is 4.82. The first kappa shape index (κ1) is 20.2. The Labute approximate surface area is 166 Å². The van der Waals surface area contributed by atoms with Crippen molar-refractivity contribution in [3.8, 4) is 0 Å². The second kappa shape index (κ2) is 9.57. The number of nitrogens with zero attached hydrogens (tertiary/aromatic N) is 3. The predicted octanol–water partition coefficient (Wildman–Crippen LogP) is 2.97. The van der Waals surface area contributed by atoms with E-state index in [4.69, 9.17) is 9.47 Å². The van der Waals surface area contributed by atoms with Crippen LogP contribution in [0.15, 0.2) is 41.2 Å². The molecule has 0 N–H and O–H groups in total. The number of fused-ring (bicyclic) bond motifs is 1. The van der Waals surface area contributed by atoms with Gasteiger partial charge in [0.2, 0.25) is 4.96 Å². The van der Waals surface area contributed by atoms with Crippen molar-refractivity contribution >= 4 is 22.3 Å². The van der Waals surface area contributed by atoms with Gasteiger partial charge in [-0.3, -0.25) is 9.59 Å². The van der Waals surface area contributed by atoms with E-state index in [0.717, 1.165) is 10.6 Å². The van der Waals surface area contributed by atoms with Gasteiger partial charge in [0, 0.05) is 19.1 Å². The number of rotatable bonds is 9. The molecular weight excluding hydrogens is 378 g/mol. The standard InChI is InChI=1S/C20H23N3O4S/c1-3-16(14-8-6-5-7-9-14)19(25)27-13-15-12-18(24)23-20(21-15)28-17(22-23)10-11-26-4-2/h5-9,12,16H,3-4,10-11,13H2,1-2H3/t16-/m0/s1. The summed E-state index contributed by atoms with van der Waals surface area (Å²) in [7, 11) is 0. The van der Waals surface area contributed by atoms with Gasteiger partial charge in [-0.2, -0.15) is 9.61 Å². The maximum absolute atomic E-state index is 12.5. The molecular formula is C20H23N3O4S. The maximum atomic E-state index is 12.5. The molecule has 0 amide bonds. The summed E-state index contributed by atoms with van der Waals surface area (Å²) in [6.07, 6.45) is 1.26. The van der Waals surface area contributed by atoms with Crippen LogP contribution < -0.4 is 5.56 Å². The lowest BCUT2D eigenvalue weighted by Crippen LogP contribution is -2.19. The van der Waals surface area contributed by atoms with Gasteiger partial charge in [-0.1, -0.05) is 48.6 Å². The minimum absolute atomic E-state index is 0.0416. The van der Waals surface area contributed by atoms with Crippen molar-refractivity contribution in [1.29, 1.82) is 0 Å². The Balaban J connectivity index is 1.70. The SMILES string of the molecule is CCOCCc1nn2c(=O)cc(COC(=O)[C@@H](CC)c3ccccc3)nc2s1. The highest BCUT2D eigenvalue weighted by atomic mass is 32.1. The van der Waals surface area contributed by atoms with Crippen LogP contribution in [0, 0.1) is 0 Å². The Bertz CT molecular complexity index is 984. The number of esters is 1. The lowest BCUT2D eigenvalue weighted by Gasteiger charge is -2.14. The van der Waals surface area contributed by atoms with Gasteiger partial charge in [-0.15, -0.1) is 0 Å². The molecule has 2 aromatic heterocycles. The minimum atomic E-state index is -0.334. The number of carbonyl (C=O) groups excluding carboxylic acids is 1. The zero-order chi connectivity index (χ0) is 19.9. The second-order valence-electron chi connectivity index (χ2n) is 6.20. The van der Waals surface area contributed by atoms with Crippen LogP contribution in [0.5, 0.6) is 0 Å². The van der Waals surface area contributed by atoms with Crippen molar-refractivity contribution < 1.29 is 14.3 Å². The largest absolute Gasteiger partial charge is 0.459 e. The van der Waals surface area contributed by atoms with E-state index in [2.05, 4.69) is 10.1 Å². The van der Waals surface area contributed by atoms with Gasteiger partial charge in [0.25, 0.3) is 5.56 Å². The lowest BCUT2D eigenvalue weighted by atomic mass is 9.97. The van der Waals surface area contributed by atoms with Crippen molar-refractivity contribution in [2.45, 2.75) is 39.2 Å². The normalized spacial score (nSPS) is 12.2. The summed E-state index contributed by atoms with van der Waals surface area (Å²) in [5.74, 6) is -0.656. The predicted molar refractivity (Wildman–Crippen MR) is 107 cm³/mol. The van der Waals surface area contributed by atoms with Crippen molar-refractivity contribution in [1.82, 2.24) is 14.6 Å². The van der Waals surface area contributed by atoms with Crippen molar-refractivity contribution in [2.24, 2.45) is 0 Å². The Morgan fingerprint density at radius 1 is 1.25 bits per heavy atom. The Morgan fingerprint density at radius 2 is 2.04 bits per heavy atom. The maximum Gasteiger partial charge on any atom is 0.313 e. The van der Waals surface area contributed by atoms with E-state index in [-0.39, 0.29) is 24.1 Å². The van der Waals surface area contributed by atoms with Crippen LogP contribution in [0.1, 0.15) is 42.5 Å². The van der Waals surface area contributed by atoms with E-state index in [1.54, 1.807) is 0 Å². The number of hydrogen-bond donors (Lipinski definition) is 0. The van der Waals surface area contributed by atoms with E-state index in [1.807, 2.05) is 44.2 Å². The third-order valence-electron chi connectivity index (χ3n) is 4.26. The first-order chi connectivity index (χ1) is 13.6. The van der Waals surface area contributed by atoms with Gasteiger partial charge in [-0.25, -0.2) is 4.98 Å². The van der Waals surface area contributed by atoms with Crippen LogP contribution in [0.25, 0.3) is 4.96 Å². The summed E-state index contributed by atoms with van der Waals surface area (Å²) in [5.41, 5.74) is 1.05. The molecule has 148 valence electrons. The molecule has 0 fully saturated rings. The molecule has 7 nitrogen and oxygen atoms in total. The first-order valence-corrected chi connectivity index (χ1v) is 10.1. The molecule has 3 aromatic rings. The molecule has 8 heteroatoms. The van der Waals surface area contributed by atoms with Gasteiger partial charge in [0.05, 0.1) is 18.2 Å². The average molecular weight is 401 g/mol. The molecule has 0 aliphatic rings. The summed E-state index contributed by atoms with van der Waals surface area (Å²) < 4.78 is 12.0. The van der Waals surface area contributed by atoms with Gasteiger partial charge >= 0.3 is 5.97 Å². The monoisotopic (exact) mass is 401 g/mol. The summed E-state index contributed by atoms with van der Waals surface area (Å²) in [6, 6.07) is 10.9. The fourth-order valence-corrected chi connectivity index (χ4v) is 3.74. The number of carbonyl (C=O) groups is 1. The topological polar surface area (TPSA) is 82.8 Å². The molecule has 0 unspecified atom stereocenters. The van der Waals surface area contributed by atoms with Gasteiger partial charge in [-0.05, 0) is 18.9 Å². The molecule has 2 heterocycles. The molecule has 0 bridgehead atoms. The number of aromatic nitrogens is 3. The fraction of sp³-hybridized carbons (Fsp3) is 0.400. The van der Waals surface area contributed by atoms with Crippen LogP contribution in [-0.2, 0) is 27.3 Å². The molecule has 1 aromatic carbocycles. The molecule has 0 saturated heterocycles. The lowest BCUT2D eigenvalue weighted by molar-refractivity contribution is -0.147. The highest BCUT2D eigenvalue weighted by Crippen LogP contribution is 2.21. The highest BCUT2D eigenvalue weighted by molar-refractivity contribution is 7.16. The Hall–Kier alpha value is -2.58. The molecule has 0 saturated carbocycles. The highest BCUT2D eigenvalue weighted by Gasteiger charge is 2.20. The number of hydrogen-bond acceptors (Lipinski definition) is 7. The summed E-state index contributed by atoms with van der Waals surface area (Å²) in [6.45, 7) is 5.02. The van der Waals surface area contributed by atoms with E-state index in [1.165, 1.54) is 21.9 Å². The average Bonchev–Trinajstić information content (AvgIpc) is 3.11. The second-order valence-corrected chi connectivity index (χ2v) is 7.24. The Morgan fingerprint density at radius 3 is 2.75 bits per heavy atom. The van der Waals surface area contributed by atoms with Crippen LogP contribution in [-0.4, -0.2) is 33.8 Å². The zero-order valence-electron chi connectivity index (χ0n) is 16.0.